The van der Waals surface area contributed by atoms with Crippen LogP contribution >= 0.6 is 0 Å². The second kappa shape index (κ2) is 4.26. The van der Waals surface area contributed by atoms with Crippen molar-refractivity contribution in [3.05, 3.63) is 35.4 Å². The van der Waals surface area contributed by atoms with Crippen molar-refractivity contribution in [2.75, 3.05) is 6.54 Å². The molecule has 1 fully saturated rings. The maximum absolute atomic E-state index is 11.8. The molecule has 1 saturated carbocycles. The average molecular weight is 219 g/mol. The van der Waals surface area contributed by atoms with Gasteiger partial charge in [0.1, 0.15) is 0 Å². The Morgan fingerprint density at radius 1 is 1.44 bits per heavy atom. The molecule has 2 N–H and O–H groups in total. The van der Waals surface area contributed by atoms with Crippen LogP contribution in [0.15, 0.2) is 24.3 Å². The normalized spacial score (nSPS) is 17.6. The van der Waals surface area contributed by atoms with E-state index in [4.69, 9.17) is 0 Å². The molecule has 0 spiro atoms. The van der Waals surface area contributed by atoms with E-state index in [0.717, 1.165) is 24.8 Å². The Morgan fingerprint density at radius 2 is 2.12 bits per heavy atom. The summed E-state index contributed by atoms with van der Waals surface area (Å²) in [5.41, 5.74) is 0.990. The molecule has 3 heteroatoms. The number of aliphatic hydroxyl groups is 1. The first-order valence-electron chi connectivity index (χ1n) is 5.67. The third kappa shape index (κ3) is 2.25. The Morgan fingerprint density at radius 3 is 2.69 bits per heavy atom. The summed E-state index contributed by atoms with van der Waals surface area (Å²) in [5, 5.41) is 12.7. The van der Waals surface area contributed by atoms with E-state index < -0.39 is 5.60 Å². The summed E-state index contributed by atoms with van der Waals surface area (Å²) in [6.07, 6.45) is 2.64. The zero-order valence-corrected chi connectivity index (χ0v) is 9.49. The summed E-state index contributed by atoms with van der Waals surface area (Å²) in [6.45, 7) is 2.27. The van der Waals surface area contributed by atoms with Gasteiger partial charge in [-0.1, -0.05) is 18.2 Å². The largest absolute Gasteiger partial charge is 0.388 e. The van der Waals surface area contributed by atoms with E-state index in [1.807, 2.05) is 25.1 Å². The van der Waals surface area contributed by atoms with Gasteiger partial charge in [0, 0.05) is 12.1 Å². The monoisotopic (exact) mass is 219 g/mol. The molecular weight excluding hydrogens is 202 g/mol. The highest BCUT2D eigenvalue weighted by molar-refractivity contribution is 5.95. The highest BCUT2D eigenvalue weighted by Crippen LogP contribution is 2.30. The summed E-state index contributed by atoms with van der Waals surface area (Å²) in [5.74, 6) is -0.0987. The first kappa shape index (κ1) is 11.1. The van der Waals surface area contributed by atoms with Gasteiger partial charge in [-0.2, -0.15) is 0 Å². The van der Waals surface area contributed by atoms with Crippen molar-refractivity contribution in [1.29, 1.82) is 0 Å². The SMILES string of the molecule is Cc1ccccc1C(=O)NCC1(O)CCC1. The van der Waals surface area contributed by atoms with Gasteiger partial charge in [-0.05, 0) is 37.8 Å². The molecule has 0 unspecified atom stereocenters. The minimum atomic E-state index is -0.654. The molecule has 1 aliphatic rings. The fraction of sp³-hybridized carbons (Fsp3) is 0.462. The number of aryl methyl sites for hydroxylation is 1. The molecule has 2 rings (SSSR count). The first-order chi connectivity index (χ1) is 7.61. The Kier molecular flexibility index (Phi) is 2.97. The quantitative estimate of drug-likeness (QED) is 0.812. The lowest BCUT2D eigenvalue weighted by Gasteiger charge is -2.36. The van der Waals surface area contributed by atoms with Gasteiger partial charge in [0.2, 0.25) is 0 Å². The molecule has 0 heterocycles. The third-order valence-electron chi connectivity index (χ3n) is 3.25. The smallest absolute Gasteiger partial charge is 0.251 e. The molecule has 0 aromatic heterocycles. The summed E-state index contributed by atoms with van der Waals surface area (Å²) in [4.78, 5) is 11.8. The summed E-state index contributed by atoms with van der Waals surface area (Å²) >= 11 is 0. The van der Waals surface area contributed by atoms with E-state index in [0.29, 0.717) is 12.1 Å². The van der Waals surface area contributed by atoms with Crippen molar-refractivity contribution >= 4 is 5.91 Å². The fourth-order valence-corrected chi connectivity index (χ4v) is 1.93. The molecule has 1 aliphatic carbocycles. The van der Waals surface area contributed by atoms with Crippen LogP contribution in [0.4, 0.5) is 0 Å². The van der Waals surface area contributed by atoms with Crippen LogP contribution in [-0.4, -0.2) is 23.2 Å². The molecule has 3 nitrogen and oxygen atoms in total. The molecule has 86 valence electrons. The molecule has 16 heavy (non-hydrogen) atoms. The van der Waals surface area contributed by atoms with Crippen molar-refractivity contribution in [2.24, 2.45) is 0 Å². The molecule has 0 bridgehead atoms. The van der Waals surface area contributed by atoms with Crippen LogP contribution in [0.25, 0.3) is 0 Å². The standard InChI is InChI=1S/C13H17NO2/c1-10-5-2-3-6-11(10)12(15)14-9-13(16)7-4-8-13/h2-3,5-6,16H,4,7-9H2,1H3,(H,14,15). The number of hydrogen-bond acceptors (Lipinski definition) is 2. The van der Waals surface area contributed by atoms with E-state index in [1.54, 1.807) is 6.07 Å². The highest BCUT2D eigenvalue weighted by Gasteiger charge is 2.34. The van der Waals surface area contributed by atoms with Crippen LogP contribution in [0.1, 0.15) is 35.2 Å². The lowest BCUT2D eigenvalue weighted by atomic mass is 9.80. The number of carbonyl (C=O) groups is 1. The second-order valence-electron chi connectivity index (χ2n) is 4.58. The topological polar surface area (TPSA) is 49.3 Å². The molecule has 0 saturated heterocycles. The molecule has 1 aromatic carbocycles. The lowest BCUT2D eigenvalue weighted by molar-refractivity contribution is -0.0300. The second-order valence-corrected chi connectivity index (χ2v) is 4.58. The minimum absolute atomic E-state index is 0.0987. The number of benzene rings is 1. The predicted octanol–water partition coefficient (Wildman–Crippen LogP) is 1.64. The summed E-state index contributed by atoms with van der Waals surface area (Å²) < 4.78 is 0. The van der Waals surface area contributed by atoms with Gasteiger partial charge in [-0.15, -0.1) is 0 Å². The van der Waals surface area contributed by atoms with E-state index in [-0.39, 0.29) is 5.91 Å². The van der Waals surface area contributed by atoms with Crippen molar-refractivity contribution in [2.45, 2.75) is 31.8 Å². The van der Waals surface area contributed by atoms with Crippen LogP contribution in [0.2, 0.25) is 0 Å². The Balaban J connectivity index is 1.96. The van der Waals surface area contributed by atoms with E-state index in [9.17, 15) is 9.90 Å². The Bertz CT molecular complexity index is 397. The zero-order valence-electron chi connectivity index (χ0n) is 9.49. The fourth-order valence-electron chi connectivity index (χ4n) is 1.93. The van der Waals surface area contributed by atoms with Crippen LogP contribution in [0.5, 0.6) is 0 Å². The van der Waals surface area contributed by atoms with Gasteiger partial charge in [0.25, 0.3) is 5.91 Å². The van der Waals surface area contributed by atoms with Crippen LogP contribution < -0.4 is 5.32 Å². The molecule has 1 aromatic rings. The van der Waals surface area contributed by atoms with Crippen molar-refractivity contribution in [3.8, 4) is 0 Å². The van der Waals surface area contributed by atoms with Crippen molar-refractivity contribution in [3.63, 3.8) is 0 Å². The molecule has 0 aliphatic heterocycles. The van der Waals surface area contributed by atoms with E-state index >= 15 is 0 Å². The molecule has 0 atom stereocenters. The Hall–Kier alpha value is -1.35. The number of amides is 1. The third-order valence-corrected chi connectivity index (χ3v) is 3.25. The molecular formula is C13H17NO2. The average Bonchev–Trinajstić information content (AvgIpc) is 2.24. The van der Waals surface area contributed by atoms with Crippen LogP contribution in [0, 0.1) is 6.92 Å². The number of nitrogens with one attached hydrogen (secondary N) is 1. The van der Waals surface area contributed by atoms with Gasteiger partial charge in [0.15, 0.2) is 0 Å². The first-order valence-corrected chi connectivity index (χ1v) is 5.67. The van der Waals surface area contributed by atoms with Gasteiger partial charge in [0.05, 0.1) is 5.60 Å². The van der Waals surface area contributed by atoms with Gasteiger partial charge in [-0.3, -0.25) is 4.79 Å². The highest BCUT2D eigenvalue weighted by atomic mass is 16.3. The van der Waals surface area contributed by atoms with Gasteiger partial charge < -0.3 is 10.4 Å². The van der Waals surface area contributed by atoms with Crippen molar-refractivity contribution in [1.82, 2.24) is 5.32 Å². The Labute approximate surface area is 95.5 Å². The minimum Gasteiger partial charge on any atom is -0.388 e. The van der Waals surface area contributed by atoms with Crippen molar-refractivity contribution < 1.29 is 9.90 Å². The molecule has 0 radical (unpaired) electrons. The van der Waals surface area contributed by atoms with Gasteiger partial charge >= 0.3 is 0 Å². The van der Waals surface area contributed by atoms with Gasteiger partial charge in [-0.25, -0.2) is 0 Å². The number of rotatable bonds is 3. The summed E-state index contributed by atoms with van der Waals surface area (Å²) in [7, 11) is 0. The zero-order chi connectivity index (χ0) is 11.6. The van der Waals surface area contributed by atoms with Crippen LogP contribution in [0.3, 0.4) is 0 Å². The predicted molar refractivity (Wildman–Crippen MR) is 62.3 cm³/mol. The maximum Gasteiger partial charge on any atom is 0.251 e. The lowest BCUT2D eigenvalue weighted by Crippen LogP contribution is -2.47. The maximum atomic E-state index is 11.8. The van der Waals surface area contributed by atoms with Crippen LogP contribution in [-0.2, 0) is 0 Å². The number of hydrogen-bond donors (Lipinski definition) is 2. The van der Waals surface area contributed by atoms with E-state index in [2.05, 4.69) is 5.32 Å². The summed E-state index contributed by atoms with van der Waals surface area (Å²) in [6, 6.07) is 7.47. The number of carbonyl (C=O) groups excluding carboxylic acids is 1. The van der Waals surface area contributed by atoms with E-state index in [1.165, 1.54) is 0 Å². The molecule has 1 amide bonds.